The number of hydrogen-bond donors (Lipinski definition) is 1. The molecule has 20 heavy (non-hydrogen) atoms. The van der Waals surface area contributed by atoms with Gasteiger partial charge in [-0.15, -0.1) is 0 Å². The molecule has 0 radical (unpaired) electrons. The van der Waals surface area contributed by atoms with Crippen LogP contribution >= 0.6 is 0 Å². The zero-order valence-corrected chi connectivity index (χ0v) is 13.1. The summed E-state index contributed by atoms with van der Waals surface area (Å²) in [6.45, 7) is 10.1. The van der Waals surface area contributed by atoms with Gasteiger partial charge in [0.25, 0.3) is 0 Å². The first kappa shape index (κ1) is 19.3. The molecule has 3 unspecified atom stereocenters. The fourth-order valence-corrected chi connectivity index (χ4v) is 2.01. The Hall–Kier alpha value is -0.690. The quantitative estimate of drug-likeness (QED) is 0.550. The Kier molecular flexibility index (Phi) is 11.7. The van der Waals surface area contributed by atoms with E-state index in [2.05, 4.69) is 0 Å². The predicted octanol–water partition coefficient (Wildman–Crippen LogP) is 1.11. The summed E-state index contributed by atoms with van der Waals surface area (Å²) < 4.78 is 22.5. The number of nitrogens with two attached hydrogens (primary N) is 1. The second kappa shape index (κ2) is 12.1. The van der Waals surface area contributed by atoms with Crippen molar-refractivity contribution >= 4 is 5.91 Å². The van der Waals surface area contributed by atoms with Gasteiger partial charge in [-0.1, -0.05) is 0 Å². The van der Waals surface area contributed by atoms with Gasteiger partial charge in [0.1, 0.15) is 12.2 Å². The van der Waals surface area contributed by atoms with Crippen LogP contribution in [0.4, 0.5) is 0 Å². The normalized spacial score (nSPS) is 15.8. The fraction of sp³-hybridized carbons (Fsp3) is 0.929. The predicted molar refractivity (Wildman–Crippen MR) is 76.5 cm³/mol. The van der Waals surface area contributed by atoms with Gasteiger partial charge >= 0.3 is 0 Å². The molecule has 120 valence electrons. The molecule has 6 nitrogen and oxygen atoms in total. The van der Waals surface area contributed by atoms with Crippen LogP contribution in [-0.2, 0) is 23.7 Å². The number of amides is 1. The van der Waals surface area contributed by atoms with E-state index in [4.69, 9.17) is 24.7 Å². The standard InChI is InChI=1S/C14H29NO5/c1-5-17-10-12(19-7-3)14(20-8-4)11(18-6-2)9-13(15)16/h11-12,14H,5-10H2,1-4H3,(H2,15,16). The minimum atomic E-state index is -0.422. The van der Waals surface area contributed by atoms with Crippen LogP contribution < -0.4 is 5.73 Å². The topological polar surface area (TPSA) is 80.0 Å². The number of carbonyl (C=O) groups is 1. The van der Waals surface area contributed by atoms with E-state index in [1.807, 2.05) is 27.7 Å². The van der Waals surface area contributed by atoms with Crippen molar-refractivity contribution in [3.05, 3.63) is 0 Å². The number of rotatable bonds is 13. The lowest BCUT2D eigenvalue weighted by atomic mass is 10.0. The maximum atomic E-state index is 11.2. The minimum absolute atomic E-state index is 0.105. The second-order valence-corrected chi connectivity index (χ2v) is 4.24. The second-order valence-electron chi connectivity index (χ2n) is 4.24. The first-order valence-corrected chi connectivity index (χ1v) is 7.31. The SMILES string of the molecule is CCOCC(OCC)C(OCC)C(CC(N)=O)OCC. The van der Waals surface area contributed by atoms with E-state index in [1.54, 1.807) is 0 Å². The van der Waals surface area contributed by atoms with E-state index < -0.39 is 12.0 Å². The zero-order chi connectivity index (χ0) is 15.4. The summed E-state index contributed by atoms with van der Waals surface area (Å²) in [5, 5.41) is 0. The first-order chi connectivity index (χ1) is 9.60. The molecular weight excluding hydrogens is 262 g/mol. The van der Waals surface area contributed by atoms with Crippen LogP contribution in [0, 0.1) is 0 Å². The van der Waals surface area contributed by atoms with Crippen LogP contribution in [0.1, 0.15) is 34.1 Å². The molecule has 0 bridgehead atoms. The third-order valence-electron chi connectivity index (χ3n) is 2.74. The molecule has 0 saturated carbocycles. The molecule has 0 aromatic carbocycles. The summed E-state index contributed by atoms with van der Waals surface area (Å²) in [5.41, 5.74) is 5.29. The van der Waals surface area contributed by atoms with Crippen LogP contribution in [0.25, 0.3) is 0 Å². The Bertz CT molecular complexity index is 250. The molecule has 0 heterocycles. The third-order valence-corrected chi connectivity index (χ3v) is 2.74. The van der Waals surface area contributed by atoms with Crippen molar-refractivity contribution in [2.24, 2.45) is 5.73 Å². The van der Waals surface area contributed by atoms with Gasteiger partial charge in [0.2, 0.25) is 5.91 Å². The van der Waals surface area contributed by atoms with Crippen molar-refractivity contribution < 1.29 is 23.7 Å². The maximum Gasteiger partial charge on any atom is 0.220 e. The Balaban J connectivity index is 4.90. The monoisotopic (exact) mass is 291 g/mol. The van der Waals surface area contributed by atoms with Crippen LogP contribution in [-0.4, -0.2) is 57.3 Å². The molecular formula is C14H29NO5. The van der Waals surface area contributed by atoms with E-state index in [1.165, 1.54) is 0 Å². The molecule has 0 aromatic rings. The summed E-state index contributed by atoms with van der Waals surface area (Å²) in [4.78, 5) is 11.2. The average molecular weight is 291 g/mol. The van der Waals surface area contributed by atoms with E-state index >= 15 is 0 Å². The molecule has 3 atom stereocenters. The molecule has 2 N–H and O–H groups in total. The molecule has 0 aliphatic heterocycles. The lowest BCUT2D eigenvalue weighted by Crippen LogP contribution is -2.46. The molecule has 1 amide bonds. The molecule has 0 aliphatic carbocycles. The number of carbonyl (C=O) groups excluding carboxylic acids is 1. The van der Waals surface area contributed by atoms with Gasteiger partial charge in [-0.25, -0.2) is 0 Å². The average Bonchev–Trinajstić information content (AvgIpc) is 2.40. The summed E-state index contributed by atoms with van der Waals surface area (Å²) >= 11 is 0. The highest BCUT2D eigenvalue weighted by Crippen LogP contribution is 2.16. The van der Waals surface area contributed by atoms with Crippen molar-refractivity contribution in [3.8, 4) is 0 Å². The molecule has 0 fully saturated rings. The van der Waals surface area contributed by atoms with Gasteiger partial charge in [-0.05, 0) is 27.7 Å². The summed E-state index contributed by atoms with van der Waals surface area (Å²) in [7, 11) is 0. The highest BCUT2D eigenvalue weighted by molar-refractivity contribution is 5.74. The highest BCUT2D eigenvalue weighted by atomic mass is 16.6. The van der Waals surface area contributed by atoms with E-state index in [-0.39, 0.29) is 18.6 Å². The van der Waals surface area contributed by atoms with E-state index in [0.29, 0.717) is 33.0 Å². The summed E-state index contributed by atoms with van der Waals surface area (Å²) in [6.07, 6.45) is -0.974. The van der Waals surface area contributed by atoms with Gasteiger partial charge in [0, 0.05) is 26.4 Å². The number of ether oxygens (including phenoxy) is 4. The summed E-state index contributed by atoms with van der Waals surface area (Å²) in [5.74, 6) is -0.417. The van der Waals surface area contributed by atoms with Crippen molar-refractivity contribution in [2.75, 3.05) is 33.0 Å². The van der Waals surface area contributed by atoms with Crippen LogP contribution in [0.2, 0.25) is 0 Å². The molecule has 0 aliphatic rings. The van der Waals surface area contributed by atoms with Crippen molar-refractivity contribution in [1.29, 1.82) is 0 Å². The van der Waals surface area contributed by atoms with Crippen molar-refractivity contribution in [3.63, 3.8) is 0 Å². The molecule has 0 aromatic heterocycles. The Morgan fingerprint density at radius 3 is 1.90 bits per heavy atom. The minimum Gasteiger partial charge on any atom is -0.379 e. The van der Waals surface area contributed by atoms with E-state index in [9.17, 15) is 4.79 Å². The lowest BCUT2D eigenvalue weighted by molar-refractivity contribution is -0.156. The number of hydrogen-bond acceptors (Lipinski definition) is 5. The largest absolute Gasteiger partial charge is 0.379 e. The Morgan fingerprint density at radius 1 is 0.900 bits per heavy atom. The van der Waals surface area contributed by atoms with Crippen molar-refractivity contribution in [2.45, 2.75) is 52.4 Å². The Morgan fingerprint density at radius 2 is 1.45 bits per heavy atom. The molecule has 6 heteroatoms. The lowest BCUT2D eigenvalue weighted by Gasteiger charge is -2.32. The van der Waals surface area contributed by atoms with Gasteiger partial charge in [0.15, 0.2) is 0 Å². The van der Waals surface area contributed by atoms with E-state index in [0.717, 1.165) is 0 Å². The highest BCUT2D eigenvalue weighted by Gasteiger charge is 2.32. The van der Waals surface area contributed by atoms with Crippen molar-refractivity contribution in [1.82, 2.24) is 0 Å². The number of primary amides is 1. The smallest absolute Gasteiger partial charge is 0.220 e. The van der Waals surface area contributed by atoms with Gasteiger partial charge in [0.05, 0.1) is 19.1 Å². The zero-order valence-electron chi connectivity index (χ0n) is 13.1. The van der Waals surface area contributed by atoms with Gasteiger partial charge in [-0.2, -0.15) is 0 Å². The fourth-order valence-electron chi connectivity index (χ4n) is 2.01. The van der Waals surface area contributed by atoms with Crippen LogP contribution in [0.3, 0.4) is 0 Å². The maximum absolute atomic E-state index is 11.2. The van der Waals surface area contributed by atoms with Crippen LogP contribution in [0.5, 0.6) is 0 Å². The first-order valence-electron chi connectivity index (χ1n) is 7.31. The Labute approximate surface area is 121 Å². The molecule has 0 spiro atoms. The van der Waals surface area contributed by atoms with Gasteiger partial charge in [-0.3, -0.25) is 4.79 Å². The third kappa shape index (κ3) is 7.79. The van der Waals surface area contributed by atoms with Gasteiger partial charge < -0.3 is 24.7 Å². The van der Waals surface area contributed by atoms with Crippen LogP contribution in [0.15, 0.2) is 0 Å². The summed E-state index contributed by atoms with van der Waals surface area (Å²) in [6, 6.07) is 0. The molecule has 0 rings (SSSR count). The molecule has 0 saturated heterocycles.